The molecular weight excluding hydrogens is 384 g/mol. The van der Waals surface area contributed by atoms with Gasteiger partial charge in [0.15, 0.2) is 0 Å². The molecule has 2 aliphatic rings. The lowest BCUT2D eigenvalue weighted by molar-refractivity contribution is -0.127. The van der Waals surface area contributed by atoms with Crippen LogP contribution in [0.2, 0.25) is 0 Å². The molecule has 0 bridgehead atoms. The second kappa shape index (κ2) is 11.1. The Morgan fingerprint density at radius 1 is 0.931 bits per heavy atom. The Balaban J connectivity index is 1.40. The van der Waals surface area contributed by atoms with E-state index in [4.69, 9.17) is 0 Å². The highest BCUT2D eigenvalue weighted by atomic mass is 32.2. The first-order chi connectivity index (χ1) is 14.0. The number of amides is 1. The minimum atomic E-state index is -3.24. The number of nitrogens with zero attached hydrogens (tertiary/aromatic N) is 1. The highest BCUT2D eigenvalue weighted by Gasteiger charge is 2.31. The molecule has 1 saturated heterocycles. The van der Waals surface area contributed by atoms with Gasteiger partial charge in [0.25, 0.3) is 0 Å². The van der Waals surface area contributed by atoms with Gasteiger partial charge < -0.3 is 5.32 Å². The number of carbonyl (C=O) groups is 1. The van der Waals surface area contributed by atoms with Gasteiger partial charge in [0.1, 0.15) is 0 Å². The summed E-state index contributed by atoms with van der Waals surface area (Å²) in [4.78, 5) is 12.7. The van der Waals surface area contributed by atoms with Gasteiger partial charge in [0.2, 0.25) is 15.9 Å². The second-order valence-electron chi connectivity index (χ2n) is 8.63. The van der Waals surface area contributed by atoms with Crippen LogP contribution in [0.1, 0.15) is 69.8 Å². The summed E-state index contributed by atoms with van der Waals surface area (Å²) >= 11 is 0. The molecule has 1 aliphatic heterocycles. The number of piperidine rings is 1. The Morgan fingerprint density at radius 3 is 2.21 bits per heavy atom. The number of nitrogens with one attached hydrogen (secondary N) is 1. The van der Waals surface area contributed by atoms with Crippen LogP contribution in [0.4, 0.5) is 0 Å². The molecule has 5 nitrogen and oxygen atoms in total. The largest absolute Gasteiger partial charge is 0.353 e. The molecular formula is C23H36N2O3S. The SMILES string of the molecule is O=C(NC1CCCCCCC1)C1CCN(S(=O)(=O)CCCc2ccccc2)CC1. The zero-order valence-electron chi connectivity index (χ0n) is 17.5. The summed E-state index contributed by atoms with van der Waals surface area (Å²) in [5, 5.41) is 3.26. The van der Waals surface area contributed by atoms with Gasteiger partial charge in [-0.2, -0.15) is 0 Å². The molecule has 1 aromatic carbocycles. The van der Waals surface area contributed by atoms with E-state index in [1.165, 1.54) is 37.7 Å². The molecule has 0 unspecified atom stereocenters. The van der Waals surface area contributed by atoms with E-state index in [1.807, 2.05) is 30.3 Å². The molecule has 1 aromatic rings. The Labute approximate surface area is 176 Å². The third kappa shape index (κ3) is 7.10. The van der Waals surface area contributed by atoms with Gasteiger partial charge in [0.05, 0.1) is 5.75 Å². The van der Waals surface area contributed by atoms with Gasteiger partial charge in [0, 0.05) is 25.0 Å². The number of hydrogen-bond acceptors (Lipinski definition) is 3. The van der Waals surface area contributed by atoms with Crippen molar-refractivity contribution in [1.82, 2.24) is 9.62 Å². The van der Waals surface area contributed by atoms with Crippen LogP contribution in [0, 0.1) is 5.92 Å². The van der Waals surface area contributed by atoms with Crippen LogP contribution in [0.15, 0.2) is 30.3 Å². The van der Waals surface area contributed by atoms with E-state index in [2.05, 4.69) is 5.32 Å². The van der Waals surface area contributed by atoms with E-state index >= 15 is 0 Å². The molecule has 162 valence electrons. The topological polar surface area (TPSA) is 66.5 Å². The normalized spacial score (nSPS) is 20.7. The van der Waals surface area contributed by atoms with Crippen molar-refractivity contribution in [1.29, 1.82) is 0 Å². The van der Waals surface area contributed by atoms with Crippen molar-refractivity contribution < 1.29 is 13.2 Å². The lowest BCUT2D eigenvalue weighted by Crippen LogP contribution is -2.46. The summed E-state index contributed by atoms with van der Waals surface area (Å²) in [5.74, 6) is 0.272. The zero-order chi connectivity index (χ0) is 20.5. The van der Waals surface area contributed by atoms with Gasteiger partial charge in [-0.15, -0.1) is 0 Å². The molecule has 0 radical (unpaired) electrons. The first kappa shape index (κ1) is 22.3. The zero-order valence-corrected chi connectivity index (χ0v) is 18.3. The van der Waals surface area contributed by atoms with Gasteiger partial charge in [-0.3, -0.25) is 4.79 Å². The van der Waals surface area contributed by atoms with E-state index in [-0.39, 0.29) is 17.6 Å². The molecule has 3 rings (SSSR count). The van der Waals surface area contributed by atoms with E-state index in [1.54, 1.807) is 4.31 Å². The van der Waals surface area contributed by atoms with E-state index in [0.29, 0.717) is 38.4 Å². The van der Waals surface area contributed by atoms with Crippen molar-refractivity contribution in [2.75, 3.05) is 18.8 Å². The van der Waals surface area contributed by atoms with E-state index < -0.39 is 10.0 Å². The fraction of sp³-hybridized carbons (Fsp3) is 0.696. The Kier molecular flexibility index (Phi) is 8.54. The van der Waals surface area contributed by atoms with Crippen molar-refractivity contribution in [3.63, 3.8) is 0 Å². The van der Waals surface area contributed by atoms with Crippen molar-refractivity contribution in [3.05, 3.63) is 35.9 Å². The molecule has 1 aliphatic carbocycles. The summed E-state index contributed by atoms with van der Waals surface area (Å²) in [6.07, 6.45) is 11.1. The maximum absolute atomic E-state index is 12.7. The Bertz CT molecular complexity index is 720. The van der Waals surface area contributed by atoms with Crippen LogP contribution in [0.25, 0.3) is 0 Å². The maximum atomic E-state index is 12.7. The second-order valence-corrected chi connectivity index (χ2v) is 10.7. The molecule has 0 aromatic heterocycles. The Morgan fingerprint density at radius 2 is 1.55 bits per heavy atom. The van der Waals surface area contributed by atoms with E-state index in [9.17, 15) is 13.2 Å². The summed E-state index contributed by atoms with van der Waals surface area (Å²) < 4.78 is 26.9. The van der Waals surface area contributed by atoms with Crippen LogP contribution >= 0.6 is 0 Å². The molecule has 1 N–H and O–H groups in total. The number of sulfonamides is 1. The molecule has 1 heterocycles. The van der Waals surface area contributed by atoms with Crippen LogP contribution in [0.5, 0.6) is 0 Å². The minimum absolute atomic E-state index is 0.0452. The van der Waals surface area contributed by atoms with Crippen LogP contribution in [-0.4, -0.2) is 43.5 Å². The summed E-state index contributed by atoms with van der Waals surface area (Å²) in [5.41, 5.74) is 1.17. The third-order valence-corrected chi connectivity index (χ3v) is 8.34. The molecule has 29 heavy (non-hydrogen) atoms. The molecule has 2 fully saturated rings. The highest BCUT2D eigenvalue weighted by Crippen LogP contribution is 2.22. The number of aryl methyl sites for hydroxylation is 1. The first-order valence-corrected chi connectivity index (χ1v) is 13.0. The lowest BCUT2D eigenvalue weighted by atomic mass is 9.94. The van der Waals surface area contributed by atoms with E-state index in [0.717, 1.165) is 19.3 Å². The average molecular weight is 421 g/mol. The summed E-state index contributed by atoms with van der Waals surface area (Å²) in [7, 11) is -3.24. The Hall–Kier alpha value is -1.40. The number of hydrogen-bond donors (Lipinski definition) is 1. The average Bonchev–Trinajstić information content (AvgIpc) is 2.70. The van der Waals surface area contributed by atoms with Gasteiger partial charge >= 0.3 is 0 Å². The molecule has 1 amide bonds. The molecule has 0 atom stereocenters. The quantitative estimate of drug-likeness (QED) is 0.728. The van der Waals surface area contributed by atoms with Crippen molar-refractivity contribution in [2.24, 2.45) is 5.92 Å². The number of carbonyl (C=O) groups excluding carboxylic acids is 1. The predicted molar refractivity (Wildman–Crippen MR) is 117 cm³/mol. The molecule has 1 saturated carbocycles. The van der Waals surface area contributed by atoms with Crippen LogP contribution in [-0.2, 0) is 21.2 Å². The number of benzene rings is 1. The van der Waals surface area contributed by atoms with Crippen LogP contribution in [0.3, 0.4) is 0 Å². The predicted octanol–water partition coefficient (Wildman–Crippen LogP) is 3.89. The van der Waals surface area contributed by atoms with Gasteiger partial charge in [-0.25, -0.2) is 12.7 Å². The number of rotatable bonds is 7. The fourth-order valence-corrected chi connectivity index (χ4v) is 6.08. The third-order valence-electron chi connectivity index (χ3n) is 6.38. The van der Waals surface area contributed by atoms with Crippen molar-refractivity contribution in [2.45, 2.75) is 76.7 Å². The summed E-state index contributed by atoms with van der Waals surface area (Å²) in [6, 6.07) is 10.3. The lowest BCUT2D eigenvalue weighted by Gasteiger charge is -2.32. The van der Waals surface area contributed by atoms with Crippen molar-refractivity contribution >= 4 is 15.9 Å². The molecule has 0 spiro atoms. The fourth-order valence-electron chi connectivity index (χ4n) is 4.55. The standard InChI is InChI=1S/C23H36N2O3S/c26-23(24-22-13-7-2-1-3-8-14-22)21-15-17-25(18-16-21)29(27,28)19-9-12-20-10-5-4-6-11-20/h4-6,10-11,21-22H,1-3,7-9,12-19H2,(H,24,26). The van der Waals surface area contributed by atoms with Crippen molar-refractivity contribution in [3.8, 4) is 0 Å². The first-order valence-electron chi connectivity index (χ1n) is 11.4. The maximum Gasteiger partial charge on any atom is 0.223 e. The van der Waals surface area contributed by atoms with Gasteiger partial charge in [-0.1, -0.05) is 62.4 Å². The van der Waals surface area contributed by atoms with Gasteiger partial charge in [-0.05, 0) is 44.1 Å². The van der Waals surface area contributed by atoms with Crippen LogP contribution < -0.4 is 5.32 Å². The summed E-state index contributed by atoms with van der Waals surface area (Å²) in [6.45, 7) is 0.937. The monoisotopic (exact) mass is 420 g/mol. The minimum Gasteiger partial charge on any atom is -0.353 e. The smallest absolute Gasteiger partial charge is 0.223 e. The highest BCUT2D eigenvalue weighted by molar-refractivity contribution is 7.89. The molecule has 6 heteroatoms.